The van der Waals surface area contributed by atoms with Gasteiger partial charge in [-0.05, 0) is 68.8 Å². The van der Waals surface area contributed by atoms with Gasteiger partial charge in [0.2, 0.25) is 0 Å². The third-order valence-electron chi connectivity index (χ3n) is 5.78. The van der Waals surface area contributed by atoms with Crippen LogP contribution >= 0.6 is 0 Å². The van der Waals surface area contributed by atoms with E-state index in [1.54, 1.807) is 62.6 Å². The predicted molar refractivity (Wildman–Crippen MR) is 134 cm³/mol. The number of benzene rings is 2. The van der Waals surface area contributed by atoms with Crippen molar-refractivity contribution < 1.29 is 29.0 Å². The molecule has 3 aromatic rings. The molecule has 184 valence electrons. The number of aryl methyl sites for hydroxylation is 1. The second kappa shape index (κ2) is 10.0. The van der Waals surface area contributed by atoms with Crippen molar-refractivity contribution >= 4 is 29.1 Å². The molecule has 0 spiro atoms. The minimum Gasteiger partial charge on any atom is -0.507 e. The molecule has 8 heteroatoms. The van der Waals surface area contributed by atoms with Crippen LogP contribution in [0.2, 0.25) is 0 Å². The molecule has 36 heavy (non-hydrogen) atoms. The van der Waals surface area contributed by atoms with Crippen LogP contribution in [0.5, 0.6) is 5.75 Å². The average Bonchev–Trinajstić information content (AvgIpc) is 3.14. The molecule has 0 aliphatic carbocycles. The Kier molecular flexibility index (Phi) is 6.87. The molecule has 1 fully saturated rings. The molecule has 1 atom stereocenters. The number of amides is 1. The van der Waals surface area contributed by atoms with Gasteiger partial charge in [0.25, 0.3) is 11.7 Å². The molecule has 0 radical (unpaired) electrons. The number of aliphatic hydroxyl groups is 1. The lowest BCUT2D eigenvalue weighted by atomic mass is 9.95. The normalized spacial score (nSPS) is 16.9. The monoisotopic (exact) mass is 486 g/mol. The predicted octanol–water partition coefficient (Wildman–Crippen LogP) is 4.59. The molecule has 2 heterocycles. The first-order valence-electron chi connectivity index (χ1n) is 11.4. The molecule has 2 aromatic carbocycles. The van der Waals surface area contributed by atoms with Crippen molar-refractivity contribution in [2.75, 3.05) is 12.0 Å². The molecule has 1 aliphatic rings. The van der Waals surface area contributed by atoms with Crippen LogP contribution in [0, 0.1) is 6.92 Å². The standard InChI is InChI=1S/C28H26N2O6/c1-16(2)36-28(34)18-8-10-20(11-9-18)30-24(19-6-5-13-29-15-19)23(26(32)27(30)33)25(31)21-14-17(3)7-12-22(21)35-4/h5-16,24,31H,1-4H3/b25-23+. The van der Waals surface area contributed by atoms with Gasteiger partial charge in [0, 0.05) is 18.1 Å². The van der Waals surface area contributed by atoms with Crippen molar-refractivity contribution in [3.05, 3.63) is 94.8 Å². The van der Waals surface area contributed by atoms with E-state index in [0.29, 0.717) is 28.1 Å². The number of pyridine rings is 1. The summed E-state index contributed by atoms with van der Waals surface area (Å²) >= 11 is 0. The highest BCUT2D eigenvalue weighted by Gasteiger charge is 2.47. The van der Waals surface area contributed by atoms with E-state index in [9.17, 15) is 19.5 Å². The first-order valence-corrected chi connectivity index (χ1v) is 11.4. The van der Waals surface area contributed by atoms with Crippen LogP contribution in [-0.2, 0) is 14.3 Å². The summed E-state index contributed by atoms with van der Waals surface area (Å²) in [5.74, 6) is -2.12. The number of rotatable bonds is 6. The fourth-order valence-corrected chi connectivity index (χ4v) is 4.14. The van der Waals surface area contributed by atoms with E-state index in [1.807, 2.05) is 13.0 Å². The number of anilines is 1. The lowest BCUT2D eigenvalue weighted by Gasteiger charge is -2.25. The Balaban J connectivity index is 1.86. The first-order chi connectivity index (χ1) is 17.2. The summed E-state index contributed by atoms with van der Waals surface area (Å²) < 4.78 is 10.6. The SMILES string of the molecule is COc1ccc(C)cc1/C(O)=C1\C(=O)C(=O)N(c2ccc(C(=O)OC(C)C)cc2)C1c1cccnc1. The van der Waals surface area contributed by atoms with E-state index in [4.69, 9.17) is 9.47 Å². The highest BCUT2D eigenvalue weighted by molar-refractivity contribution is 6.51. The molecule has 1 unspecified atom stereocenters. The quantitative estimate of drug-likeness (QED) is 0.235. The maximum absolute atomic E-state index is 13.3. The smallest absolute Gasteiger partial charge is 0.338 e. The van der Waals surface area contributed by atoms with Crippen molar-refractivity contribution in [3.63, 3.8) is 0 Å². The molecule has 0 saturated carbocycles. The fraction of sp³-hybridized carbons (Fsp3) is 0.214. The number of ether oxygens (including phenoxy) is 2. The molecular formula is C28H26N2O6. The van der Waals surface area contributed by atoms with Crippen LogP contribution in [0.4, 0.5) is 5.69 Å². The van der Waals surface area contributed by atoms with Crippen molar-refractivity contribution in [1.82, 2.24) is 4.98 Å². The van der Waals surface area contributed by atoms with Crippen LogP contribution in [0.25, 0.3) is 5.76 Å². The van der Waals surface area contributed by atoms with Gasteiger partial charge in [-0.25, -0.2) is 4.79 Å². The van der Waals surface area contributed by atoms with E-state index in [1.165, 1.54) is 24.1 Å². The van der Waals surface area contributed by atoms with Crippen LogP contribution in [-0.4, -0.2) is 41.0 Å². The minimum absolute atomic E-state index is 0.0832. The highest BCUT2D eigenvalue weighted by atomic mass is 16.5. The number of hydrogen-bond acceptors (Lipinski definition) is 7. The van der Waals surface area contributed by atoms with Crippen LogP contribution < -0.4 is 9.64 Å². The van der Waals surface area contributed by atoms with Gasteiger partial charge in [0.15, 0.2) is 0 Å². The second-order valence-corrected chi connectivity index (χ2v) is 8.66. The zero-order valence-corrected chi connectivity index (χ0v) is 20.4. The number of hydrogen-bond donors (Lipinski definition) is 1. The fourth-order valence-electron chi connectivity index (χ4n) is 4.14. The number of carbonyl (C=O) groups is 3. The number of nitrogens with zero attached hydrogens (tertiary/aromatic N) is 2. The van der Waals surface area contributed by atoms with Crippen molar-refractivity contribution in [3.8, 4) is 5.75 Å². The molecule has 1 aromatic heterocycles. The molecule has 8 nitrogen and oxygen atoms in total. The number of carbonyl (C=O) groups excluding carboxylic acids is 3. The summed E-state index contributed by atoms with van der Waals surface area (Å²) in [5.41, 5.74) is 2.28. The zero-order chi connectivity index (χ0) is 26.0. The first kappa shape index (κ1) is 24.7. The minimum atomic E-state index is -0.947. The van der Waals surface area contributed by atoms with Gasteiger partial charge in [-0.1, -0.05) is 17.7 Å². The van der Waals surface area contributed by atoms with Gasteiger partial charge in [-0.15, -0.1) is 0 Å². The Morgan fingerprint density at radius 1 is 1.08 bits per heavy atom. The van der Waals surface area contributed by atoms with Gasteiger partial charge < -0.3 is 14.6 Å². The maximum Gasteiger partial charge on any atom is 0.338 e. The third-order valence-corrected chi connectivity index (χ3v) is 5.78. The molecule has 1 amide bonds. The average molecular weight is 487 g/mol. The molecule has 1 aliphatic heterocycles. The van der Waals surface area contributed by atoms with Gasteiger partial charge in [-0.3, -0.25) is 19.5 Å². The summed E-state index contributed by atoms with van der Waals surface area (Å²) in [6.45, 7) is 5.35. The number of aliphatic hydroxyl groups excluding tert-OH is 1. The number of esters is 1. The largest absolute Gasteiger partial charge is 0.507 e. The Hall–Kier alpha value is -4.46. The van der Waals surface area contributed by atoms with E-state index < -0.39 is 23.7 Å². The Bertz CT molecular complexity index is 1350. The third kappa shape index (κ3) is 4.57. The molecule has 4 rings (SSSR count). The lowest BCUT2D eigenvalue weighted by Crippen LogP contribution is -2.29. The van der Waals surface area contributed by atoms with Gasteiger partial charge in [0.1, 0.15) is 11.5 Å². The van der Waals surface area contributed by atoms with Crippen molar-refractivity contribution in [2.24, 2.45) is 0 Å². The number of methoxy groups -OCH3 is 1. The molecule has 1 saturated heterocycles. The number of Topliss-reactive ketones (excluding diaryl/α,β-unsaturated/α-hetero) is 1. The summed E-state index contributed by atoms with van der Waals surface area (Å²) in [7, 11) is 1.46. The Labute approximate surface area is 208 Å². The molecular weight excluding hydrogens is 460 g/mol. The zero-order valence-electron chi connectivity index (χ0n) is 20.4. The summed E-state index contributed by atoms with van der Waals surface area (Å²) in [5, 5.41) is 11.4. The maximum atomic E-state index is 13.3. The second-order valence-electron chi connectivity index (χ2n) is 8.66. The summed E-state index contributed by atoms with van der Waals surface area (Å²) in [6, 6.07) is 13.9. The van der Waals surface area contributed by atoms with Crippen molar-refractivity contribution in [1.29, 1.82) is 0 Å². The Morgan fingerprint density at radius 2 is 1.81 bits per heavy atom. The van der Waals surface area contributed by atoms with E-state index in [2.05, 4.69) is 4.98 Å². The number of aromatic nitrogens is 1. The van der Waals surface area contributed by atoms with E-state index in [-0.39, 0.29) is 17.4 Å². The number of ketones is 1. The summed E-state index contributed by atoms with van der Waals surface area (Å²) in [4.78, 5) is 44.3. The topological polar surface area (TPSA) is 106 Å². The van der Waals surface area contributed by atoms with E-state index in [0.717, 1.165) is 5.56 Å². The molecule has 1 N–H and O–H groups in total. The lowest BCUT2D eigenvalue weighted by molar-refractivity contribution is -0.132. The molecule has 0 bridgehead atoms. The Morgan fingerprint density at radius 3 is 2.42 bits per heavy atom. The summed E-state index contributed by atoms with van der Waals surface area (Å²) in [6.07, 6.45) is 2.84. The van der Waals surface area contributed by atoms with Crippen molar-refractivity contribution in [2.45, 2.75) is 32.9 Å². The van der Waals surface area contributed by atoms with Crippen LogP contribution in [0.3, 0.4) is 0 Å². The highest BCUT2D eigenvalue weighted by Crippen LogP contribution is 2.43. The van der Waals surface area contributed by atoms with Crippen LogP contribution in [0.1, 0.15) is 46.9 Å². The van der Waals surface area contributed by atoms with Gasteiger partial charge >= 0.3 is 5.97 Å². The van der Waals surface area contributed by atoms with Gasteiger partial charge in [0.05, 0.1) is 36.0 Å². The van der Waals surface area contributed by atoms with Crippen LogP contribution in [0.15, 0.2) is 72.6 Å². The van der Waals surface area contributed by atoms with Gasteiger partial charge in [-0.2, -0.15) is 0 Å². The van der Waals surface area contributed by atoms with E-state index >= 15 is 0 Å².